The van der Waals surface area contributed by atoms with E-state index in [0.29, 0.717) is 25.8 Å². The van der Waals surface area contributed by atoms with Crippen molar-refractivity contribution in [2.45, 2.75) is 44.1 Å². The number of hydrogen-bond acceptors (Lipinski definition) is 2. The van der Waals surface area contributed by atoms with Gasteiger partial charge in [-0.05, 0) is 54.2 Å². The van der Waals surface area contributed by atoms with E-state index in [-0.39, 0.29) is 23.2 Å². The highest BCUT2D eigenvalue weighted by atomic mass is 19.1. The van der Waals surface area contributed by atoms with Gasteiger partial charge in [-0.1, -0.05) is 66.7 Å². The predicted molar refractivity (Wildman–Crippen MR) is 124 cm³/mol. The maximum absolute atomic E-state index is 13.3. The third-order valence-corrected chi connectivity index (χ3v) is 6.78. The van der Waals surface area contributed by atoms with Gasteiger partial charge >= 0.3 is 0 Å². The number of nitrogens with zero attached hydrogens (tertiary/aromatic N) is 2. The molecule has 0 radical (unpaired) electrons. The van der Waals surface area contributed by atoms with Crippen LogP contribution in [0.25, 0.3) is 11.1 Å². The lowest BCUT2D eigenvalue weighted by atomic mass is 9.69. The highest BCUT2D eigenvalue weighted by Gasteiger charge is 2.41. The lowest BCUT2D eigenvalue weighted by molar-refractivity contribution is -0.138. The van der Waals surface area contributed by atoms with Crippen molar-refractivity contribution >= 4 is 5.91 Å². The first-order valence-electron chi connectivity index (χ1n) is 11.1. The molecule has 0 aromatic heterocycles. The zero-order valence-electron chi connectivity index (χ0n) is 18.3. The molecule has 0 bridgehead atoms. The van der Waals surface area contributed by atoms with Crippen molar-refractivity contribution in [3.8, 4) is 17.2 Å². The van der Waals surface area contributed by atoms with Crippen molar-refractivity contribution in [2.24, 2.45) is 0 Å². The molecule has 0 aliphatic carbocycles. The Morgan fingerprint density at radius 2 is 1.62 bits per heavy atom. The molecule has 3 nitrogen and oxygen atoms in total. The van der Waals surface area contributed by atoms with E-state index in [9.17, 15) is 9.18 Å². The summed E-state index contributed by atoms with van der Waals surface area (Å²) in [7, 11) is 0. The van der Waals surface area contributed by atoms with Crippen molar-refractivity contribution in [3.63, 3.8) is 0 Å². The van der Waals surface area contributed by atoms with Crippen LogP contribution in [-0.2, 0) is 10.2 Å². The average molecular weight is 427 g/mol. The number of benzene rings is 3. The quantitative estimate of drug-likeness (QED) is 0.457. The van der Waals surface area contributed by atoms with Gasteiger partial charge in [0.25, 0.3) is 0 Å². The number of hydrogen-bond donors (Lipinski definition) is 0. The van der Waals surface area contributed by atoms with E-state index in [1.807, 2.05) is 47.4 Å². The van der Waals surface area contributed by atoms with Crippen LogP contribution in [0, 0.1) is 17.1 Å². The molecule has 0 saturated carbocycles. The zero-order chi connectivity index (χ0) is 22.6. The van der Waals surface area contributed by atoms with Gasteiger partial charge in [0.05, 0.1) is 12.1 Å². The minimum Gasteiger partial charge on any atom is -0.336 e. The molecule has 162 valence electrons. The molecule has 1 saturated heterocycles. The molecule has 3 aromatic carbocycles. The van der Waals surface area contributed by atoms with E-state index >= 15 is 0 Å². The smallest absolute Gasteiger partial charge is 0.223 e. The Morgan fingerprint density at radius 1 is 1.00 bits per heavy atom. The van der Waals surface area contributed by atoms with Crippen LogP contribution in [0.1, 0.15) is 49.8 Å². The molecule has 32 heavy (non-hydrogen) atoms. The van der Waals surface area contributed by atoms with Crippen molar-refractivity contribution in [2.75, 3.05) is 6.54 Å². The maximum atomic E-state index is 13.3. The van der Waals surface area contributed by atoms with Gasteiger partial charge in [0.1, 0.15) is 5.82 Å². The number of amides is 1. The number of nitriles is 1. The summed E-state index contributed by atoms with van der Waals surface area (Å²) in [4.78, 5) is 15.2. The van der Waals surface area contributed by atoms with Crippen LogP contribution >= 0.6 is 0 Å². The number of piperidine rings is 1. The van der Waals surface area contributed by atoms with Crippen molar-refractivity contribution in [3.05, 3.63) is 95.8 Å². The van der Waals surface area contributed by atoms with E-state index in [1.54, 1.807) is 12.1 Å². The SMILES string of the molecule is C[C@@H](c1ccc(-c2ccc(F)cc2)cc1)N1CCC(CCC#N)(c2ccccc2)CC1=O. The minimum absolute atomic E-state index is 0.0329. The summed E-state index contributed by atoms with van der Waals surface area (Å²) in [6, 6.07) is 27.0. The van der Waals surface area contributed by atoms with Gasteiger partial charge in [-0.25, -0.2) is 4.39 Å². The van der Waals surface area contributed by atoms with Crippen LogP contribution < -0.4 is 0 Å². The molecule has 1 aliphatic rings. The second kappa shape index (κ2) is 9.36. The summed E-state index contributed by atoms with van der Waals surface area (Å²) in [6.45, 7) is 2.73. The Morgan fingerprint density at radius 3 is 2.22 bits per heavy atom. The van der Waals surface area contributed by atoms with Crippen LogP contribution in [0.4, 0.5) is 4.39 Å². The molecular weight excluding hydrogens is 399 g/mol. The van der Waals surface area contributed by atoms with Gasteiger partial charge in [0, 0.05) is 24.8 Å². The van der Waals surface area contributed by atoms with Gasteiger partial charge < -0.3 is 4.90 Å². The van der Waals surface area contributed by atoms with Gasteiger partial charge in [-0.2, -0.15) is 5.26 Å². The van der Waals surface area contributed by atoms with Crippen LogP contribution in [-0.4, -0.2) is 17.4 Å². The lowest BCUT2D eigenvalue weighted by Crippen LogP contribution is -2.47. The molecule has 0 spiro atoms. The number of likely N-dealkylation sites (tertiary alicyclic amines) is 1. The molecule has 1 fully saturated rings. The summed E-state index contributed by atoms with van der Waals surface area (Å²) < 4.78 is 13.2. The van der Waals surface area contributed by atoms with Gasteiger partial charge in [-0.15, -0.1) is 0 Å². The largest absolute Gasteiger partial charge is 0.336 e. The monoisotopic (exact) mass is 426 g/mol. The number of carbonyl (C=O) groups excluding carboxylic acids is 1. The van der Waals surface area contributed by atoms with Crippen LogP contribution in [0.2, 0.25) is 0 Å². The third kappa shape index (κ3) is 4.43. The second-order valence-electron chi connectivity index (χ2n) is 8.62. The van der Waals surface area contributed by atoms with E-state index in [1.165, 1.54) is 12.1 Å². The Bertz CT molecular complexity index is 1100. The fraction of sp³-hybridized carbons (Fsp3) is 0.286. The summed E-state index contributed by atoms with van der Waals surface area (Å²) in [5, 5.41) is 9.17. The predicted octanol–water partition coefficient (Wildman–Crippen LogP) is 6.42. The van der Waals surface area contributed by atoms with E-state index in [4.69, 9.17) is 5.26 Å². The highest BCUT2D eigenvalue weighted by molar-refractivity contribution is 5.79. The maximum Gasteiger partial charge on any atom is 0.223 e. The molecule has 1 unspecified atom stereocenters. The summed E-state index contributed by atoms with van der Waals surface area (Å²) >= 11 is 0. The Balaban J connectivity index is 1.51. The van der Waals surface area contributed by atoms with Crippen LogP contribution in [0.15, 0.2) is 78.9 Å². The molecule has 1 aliphatic heterocycles. The van der Waals surface area contributed by atoms with Crippen LogP contribution in [0.3, 0.4) is 0 Å². The zero-order valence-corrected chi connectivity index (χ0v) is 18.3. The fourth-order valence-corrected chi connectivity index (χ4v) is 4.82. The molecule has 1 heterocycles. The summed E-state index contributed by atoms with van der Waals surface area (Å²) in [5.41, 5.74) is 3.94. The summed E-state index contributed by atoms with van der Waals surface area (Å²) in [6.07, 6.45) is 2.43. The van der Waals surface area contributed by atoms with Crippen molar-refractivity contribution in [1.29, 1.82) is 5.26 Å². The Kier molecular flexibility index (Phi) is 6.37. The molecule has 4 heteroatoms. The first-order valence-corrected chi connectivity index (χ1v) is 11.1. The van der Waals surface area contributed by atoms with Gasteiger partial charge in [0.2, 0.25) is 5.91 Å². The average Bonchev–Trinajstić information content (AvgIpc) is 2.83. The van der Waals surface area contributed by atoms with E-state index < -0.39 is 0 Å². The normalized spacial score (nSPS) is 19.4. The topological polar surface area (TPSA) is 44.1 Å². The van der Waals surface area contributed by atoms with Crippen LogP contribution in [0.5, 0.6) is 0 Å². The lowest BCUT2D eigenvalue weighted by Gasteiger charge is -2.44. The molecule has 3 aromatic rings. The van der Waals surface area contributed by atoms with E-state index in [0.717, 1.165) is 28.7 Å². The van der Waals surface area contributed by atoms with E-state index in [2.05, 4.69) is 25.1 Å². The molecule has 2 atom stereocenters. The number of carbonyl (C=O) groups is 1. The molecule has 1 amide bonds. The van der Waals surface area contributed by atoms with Crippen molar-refractivity contribution < 1.29 is 9.18 Å². The number of halogens is 1. The second-order valence-corrected chi connectivity index (χ2v) is 8.62. The molecule has 4 rings (SSSR count). The number of rotatable bonds is 6. The highest BCUT2D eigenvalue weighted by Crippen LogP contribution is 2.42. The Hall–Kier alpha value is -3.45. The molecular formula is C28H27FN2O. The standard InChI is InChI=1S/C28H27FN2O/c1-21(22-8-10-23(11-9-22)24-12-14-26(29)15-13-24)31-19-17-28(16-5-18-30,20-27(31)32)25-6-3-2-4-7-25/h2-4,6-15,21H,5,16-17,19-20H2,1H3/t21-,28?/m0/s1. The minimum atomic E-state index is -0.267. The Labute approximate surface area is 189 Å². The third-order valence-electron chi connectivity index (χ3n) is 6.78. The van der Waals surface area contributed by atoms with Gasteiger partial charge in [0.15, 0.2) is 0 Å². The summed E-state index contributed by atoms with van der Waals surface area (Å²) in [5.74, 6) is -0.114. The van der Waals surface area contributed by atoms with Crippen molar-refractivity contribution in [1.82, 2.24) is 4.90 Å². The fourth-order valence-electron chi connectivity index (χ4n) is 4.82. The first-order chi connectivity index (χ1) is 15.5. The van der Waals surface area contributed by atoms with Gasteiger partial charge in [-0.3, -0.25) is 4.79 Å². The first kappa shape index (κ1) is 21.8. The molecule has 0 N–H and O–H groups in total.